The minimum atomic E-state index is -0.297. The van der Waals surface area contributed by atoms with Gasteiger partial charge in [0.2, 0.25) is 5.91 Å². The number of methoxy groups -OCH3 is 1. The van der Waals surface area contributed by atoms with E-state index in [0.717, 1.165) is 12.8 Å². The van der Waals surface area contributed by atoms with E-state index in [-0.39, 0.29) is 28.9 Å². The number of hydrogen-bond acceptors (Lipinski definition) is 5. The van der Waals surface area contributed by atoms with Crippen LogP contribution < -0.4 is 10.6 Å². The number of carbonyl (C=O) groups is 2. The van der Waals surface area contributed by atoms with E-state index in [1.54, 1.807) is 14.0 Å². The largest absolute Gasteiger partial charge is 0.379 e. The normalized spacial score (nSPS) is 13.6. The van der Waals surface area contributed by atoms with Crippen molar-refractivity contribution in [3.8, 4) is 0 Å². The lowest BCUT2D eigenvalue weighted by molar-refractivity contribution is -0.122. The average Bonchev–Trinajstić information content (AvgIpc) is 2.50. The van der Waals surface area contributed by atoms with E-state index in [0.29, 0.717) is 32.4 Å². The van der Waals surface area contributed by atoms with Crippen molar-refractivity contribution in [2.24, 2.45) is 0 Å². The molecule has 0 aliphatic rings. The number of nitrogens with one attached hydrogen (secondary N) is 2. The highest BCUT2D eigenvalue weighted by Gasteiger charge is 2.22. The molecule has 1 atom stereocenters. The second kappa shape index (κ2) is 11.6. The van der Waals surface area contributed by atoms with Crippen molar-refractivity contribution in [1.82, 2.24) is 10.6 Å². The van der Waals surface area contributed by atoms with Crippen molar-refractivity contribution in [3.05, 3.63) is 0 Å². The van der Waals surface area contributed by atoms with E-state index in [9.17, 15) is 9.59 Å². The molecule has 1 amide bonds. The number of rotatable bonds is 14. The van der Waals surface area contributed by atoms with Crippen LogP contribution in [0.15, 0.2) is 0 Å². The van der Waals surface area contributed by atoms with Crippen molar-refractivity contribution < 1.29 is 19.1 Å². The first-order chi connectivity index (χ1) is 11.5. The minimum Gasteiger partial charge on any atom is -0.379 e. The van der Waals surface area contributed by atoms with E-state index >= 15 is 0 Å². The van der Waals surface area contributed by atoms with Crippen LogP contribution in [0.5, 0.6) is 0 Å². The van der Waals surface area contributed by atoms with Gasteiger partial charge in [-0.2, -0.15) is 0 Å². The monoisotopic (exact) mass is 358 g/mol. The molecule has 25 heavy (non-hydrogen) atoms. The van der Waals surface area contributed by atoms with Crippen LogP contribution in [0.1, 0.15) is 66.7 Å². The third kappa shape index (κ3) is 13.0. The van der Waals surface area contributed by atoms with Gasteiger partial charge in [0, 0.05) is 32.5 Å². The molecule has 148 valence electrons. The molecular weight excluding hydrogens is 320 g/mol. The van der Waals surface area contributed by atoms with Gasteiger partial charge in [-0.3, -0.25) is 4.79 Å². The van der Waals surface area contributed by atoms with Gasteiger partial charge in [0.05, 0.1) is 17.8 Å². The molecule has 0 saturated carbocycles. The summed E-state index contributed by atoms with van der Waals surface area (Å²) in [5, 5.41) is 6.03. The maximum absolute atomic E-state index is 12.0. The fourth-order valence-electron chi connectivity index (χ4n) is 2.27. The molecule has 0 radical (unpaired) electrons. The third-order valence-electron chi connectivity index (χ3n) is 4.48. The first kappa shape index (κ1) is 24.0. The summed E-state index contributed by atoms with van der Waals surface area (Å²) >= 11 is 0. The zero-order chi connectivity index (χ0) is 19.5. The maximum Gasteiger partial charge on any atom is 0.221 e. The lowest BCUT2D eigenvalue weighted by Crippen LogP contribution is -2.37. The molecule has 0 aromatic carbocycles. The molecule has 0 fully saturated rings. The number of amides is 1. The molecule has 2 N–H and O–H groups in total. The summed E-state index contributed by atoms with van der Waals surface area (Å²) in [5.41, 5.74) is -0.486. The third-order valence-corrected chi connectivity index (χ3v) is 4.48. The van der Waals surface area contributed by atoms with Crippen LogP contribution in [0.4, 0.5) is 0 Å². The van der Waals surface area contributed by atoms with E-state index in [2.05, 4.69) is 10.6 Å². The molecule has 0 aliphatic carbocycles. The number of hydrogen-bond donors (Lipinski definition) is 2. The van der Waals surface area contributed by atoms with E-state index in [1.807, 2.05) is 34.7 Å². The predicted molar refractivity (Wildman–Crippen MR) is 101 cm³/mol. The Hall–Kier alpha value is -0.980. The van der Waals surface area contributed by atoms with Crippen LogP contribution in [0.3, 0.4) is 0 Å². The van der Waals surface area contributed by atoms with E-state index in [1.165, 1.54) is 0 Å². The smallest absolute Gasteiger partial charge is 0.221 e. The van der Waals surface area contributed by atoms with Gasteiger partial charge in [0.1, 0.15) is 5.78 Å². The fourth-order valence-corrected chi connectivity index (χ4v) is 2.27. The molecule has 0 bridgehead atoms. The van der Waals surface area contributed by atoms with Crippen molar-refractivity contribution in [1.29, 1.82) is 0 Å². The summed E-state index contributed by atoms with van der Waals surface area (Å²) in [6.45, 7) is 10.9. The number of ketones is 1. The Labute approximate surface area is 153 Å². The summed E-state index contributed by atoms with van der Waals surface area (Å²) < 4.78 is 11.3. The Bertz CT molecular complexity index is 408. The SMILES string of the molecule is CN[C@@H](CCC(C)=O)CC(=O)NCCC(C)(C)OCCC(C)(C)OC. The average molecular weight is 359 g/mol. The van der Waals surface area contributed by atoms with Gasteiger partial charge in [-0.1, -0.05) is 0 Å². The molecule has 0 unspecified atom stereocenters. The van der Waals surface area contributed by atoms with Crippen LogP contribution >= 0.6 is 0 Å². The Morgan fingerprint density at radius 1 is 1.08 bits per heavy atom. The molecule has 0 aliphatic heterocycles. The van der Waals surface area contributed by atoms with Crippen LogP contribution in [0, 0.1) is 0 Å². The van der Waals surface area contributed by atoms with Gasteiger partial charge in [-0.15, -0.1) is 0 Å². The topological polar surface area (TPSA) is 76.7 Å². The fraction of sp³-hybridized carbons (Fsp3) is 0.895. The molecule has 6 nitrogen and oxygen atoms in total. The van der Waals surface area contributed by atoms with Crippen LogP contribution in [-0.2, 0) is 19.1 Å². The summed E-state index contributed by atoms with van der Waals surface area (Å²) in [6, 6.07) is 0.0319. The van der Waals surface area contributed by atoms with Gasteiger partial charge in [0.25, 0.3) is 0 Å². The van der Waals surface area contributed by atoms with Crippen molar-refractivity contribution in [2.75, 3.05) is 27.3 Å². The summed E-state index contributed by atoms with van der Waals surface area (Å²) in [7, 11) is 3.52. The Balaban J connectivity index is 4.05. The lowest BCUT2D eigenvalue weighted by Gasteiger charge is -2.29. The summed E-state index contributed by atoms with van der Waals surface area (Å²) in [4.78, 5) is 23.1. The second-order valence-corrected chi connectivity index (χ2v) is 7.85. The summed E-state index contributed by atoms with van der Waals surface area (Å²) in [5.74, 6) is 0.149. The first-order valence-corrected chi connectivity index (χ1v) is 9.14. The van der Waals surface area contributed by atoms with Crippen molar-refractivity contribution in [2.45, 2.75) is 84.0 Å². The molecule has 0 saturated heterocycles. The zero-order valence-electron chi connectivity index (χ0n) is 17.2. The molecule has 0 rings (SSSR count). The van der Waals surface area contributed by atoms with Gasteiger partial charge >= 0.3 is 0 Å². The highest BCUT2D eigenvalue weighted by atomic mass is 16.5. The first-order valence-electron chi connectivity index (χ1n) is 9.14. The number of ether oxygens (including phenoxy) is 2. The lowest BCUT2D eigenvalue weighted by atomic mass is 10.0. The molecule has 0 heterocycles. The Morgan fingerprint density at radius 2 is 1.72 bits per heavy atom. The molecule has 0 spiro atoms. The molecule has 6 heteroatoms. The van der Waals surface area contributed by atoms with E-state index in [4.69, 9.17) is 9.47 Å². The van der Waals surface area contributed by atoms with Gasteiger partial charge in [-0.25, -0.2) is 0 Å². The standard InChI is InChI=1S/C19H38N2O4/c1-15(22)8-9-16(20-6)14-17(23)21-12-10-19(4,5)25-13-11-18(2,3)24-7/h16,20H,8-14H2,1-7H3,(H,21,23)/t16-/m0/s1. The maximum atomic E-state index is 12.0. The highest BCUT2D eigenvalue weighted by Crippen LogP contribution is 2.18. The van der Waals surface area contributed by atoms with Crippen molar-refractivity contribution >= 4 is 11.7 Å². The molecule has 0 aromatic rings. The second-order valence-electron chi connectivity index (χ2n) is 7.85. The molecule has 0 aromatic heterocycles. The zero-order valence-corrected chi connectivity index (χ0v) is 17.2. The molecular formula is C19H38N2O4. The highest BCUT2D eigenvalue weighted by molar-refractivity contribution is 5.77. The Kier molecular flexibility index (Phi) is 11.1. The number of carbonyl (C=O) groups excluding carboxylic acids is 2. The Morgan fingerprint density at radius 3 is 2.24 bits per heavy atom. The van der Waals surface area contributed by atoms with Gasteiger partial charge in [0.15, 0.2) is 0 Å². The number of Topliss-reactive ketones (excluding diaryl/α,β-unsaturated/α-hetero) is 1. The van der Waals surface area contributed by atoms with Crippen LogP contribution in [0.2, 0.25) is 0 Å². The van der Waals surface area contributed by atoms with Gasteiger partial charge < -0.3 is 24.9 Å². The summed E-state index contributed by atoms with van der Waals surface area (Å²) in [6.07, 6.45) is 3.12. The van der Waals surface area contributed by atoms with Gasteiger partial charge in [-0.05, 0) is 60.9 Å². The van der Waals surface area contributed by atoms with Crippen LogP contribution in [-0.4, -0.2) is 56.2 Å². The van der Waals surface area contributed by atoms with Crippen LogP contribution in [0.25, 0.3) is 0 Å². The minimum absolute atomic E-state index is 0.000724. The quantitative estimate of drug-likeness (QED) is 0.499. The predicted octanol–water partition coefficient (Wildman–Crippen LogP) is 2.45. The van der Waals surface area contributed by atoms with Crippen molar-refractivity contribution in [3.63, 3.8) is 0 Å². The van der Waals surface area contributed by atoms with E-state index < -0.39 is 0 Å².